The molecule has 3 amide bonds. The van der Waals surface area contributed by atoms with Gasteiger partial charge < -0.3 is 30.2 Å². The van der Waals surface area contributed by atoms with Gasteiger partial charge in [-0.3, -0.25) is 14.4 Å². The number of hydrogen-bond acceptors (Lipinski definition) is 6. The number of rotatable bonds is 9. The minimum Gasteiger partial charge on any atom is -0.366 e. The van der Waals surface area contributed by atoms with Crippen molar-refractivity contribution in [2.24, 2.45) is 0 Å². The van der Waals surface area contributed by atoms with Crippen molar-refractivity contribution in [2.75, 3.05) is 35.8 Å². The average Bonchev–Trinajstić information content (AvgIpc) is 2.61. The SMILES string of the molecule is CC(C)(C)OCC(=O)Nc1cc(NC(=O)COC(C)(C)C)cc(NC(=O)COC(C)(C)C)c1. The molecule has 1 aromatic rings. The van der Waals surface area contributed by atoms with Crippen LogP contribution in [0.3, 0.4) is 0 Å². The number of hydrogen-bond donors (Lipinski definition) is 3. The fourth-order valence-corrected chi connectivity index (χ4v) is 2.28. The van der Waals surface area contributed by atoms with Gasteiger partial charge in [0.05, 0.1) is 16.8 Å². The van der Waals surface area contributed by atoms with Gasteiger partial charge in [-0.05, 0) is 80.5 Å². The first-order valence-corrected chi connectivity index (χ1v) is 10.9. The van der Waals surface area contributed by atoms with E-state index in [1.54, 1.807) is 18.2 Å². The highest BCUT2D eigenvalue weighted by Gasteiger charge is 2.17. The van der Waals surface area contributed by atoms with E-state index in [9.17, 15) is 14.4 Å². The summed E-state index contributed by atoms with van der Waals surface area (Å²) < 4.78 is 16.5. The topological polar surface area (TPSA) is 115 Å². The van der Waals surface area contributed by atoms with Crippen molar-refractivity contribution in [1.29, 1.82) is 0 Å². The monoisotopic (exact) mass is 465 g/mol. The maximum Gasteiger partial charge on any atom is 0.250 e. The lowest BCUT2D eigenvalue weighted by molar-refractivity contribution is -0.125. The lowest BCUT2D eigenvalue weighted by atomic mass is 10.2. The highest BCUT2D eigenvalue weighted by molar-refractivity contribution is 5.98. The Kier molecular flexibility index (Phi) is 10.0. The molecule has 0 bridgehead atoms. The van der Waals surface area contributed by atoms with E-state index in [1.165, 1.54) is 0 Å². The first-order valence-electron chi connectivity index (χ1n) is 10.9. The second-order valence-corrected chi connectivity index (χ2v) is 10.6. The molecule has 0 aromatic heterocycles. The summed E-state index contributed by atoms with van der Waals surface area (Å²) in [5, 5.41) is 8.18. The summed E-state index contributed by atoms with van der Waals surface area (Å²) in [6.45, 7) is 16.2. The lowest BCUT2D eigenvalue weighted by Crippen LogP contribution is -2.28. The van der Waals surface area contributed by atoms with Crippen molar-refractivity contribution in [3.63, 3.8) is 0 Å². The zero-order valence-corrected chi connectivity index (χ0v) is 21.3. The summed E-state index contributed by atoms with van der Waals surface area (Å²) in [6.07, 6.45) is 0. The molecule has 0 atom stereocenters. The normalized spacial score (nSPS) is 12.3. The Balaban J connectivity index is 2.98. The van der Waals surface area contributed by atoms with E-state index in [-0.39, 0.29) is 37.5 Å². The maximum atomic E-state index is 12.3. The number of carbonyl (C=O) groups excluding carboxylic acids is 3. The quantitative estimate of drug-likeness (QED) is 0.509. The highest BCUT2D eigenvalue weighted by Crippen LogP contribution is 2.23. The molecule has 0 aliphatic rings. The maximum absolute atomic E-state index is 12.3. The Bertz CT molecular complexity index is 710. The fourth-order valence-electron chi connectivity index (χ4n) is 2.28. The summed E-state index contributed by atoms with van der Waals surface area (Å²) in [5.41, 5.74) is -0.233. The summed E-state index contributed by atoms with van der Waals surface area (Å²) in [7, 11) is 0. The fraction of sp³-hybridized carbons (Fsp3) is 0.625. The Morgan fingerprint density at radius 2 is 0.758 bits per heavy atom. The molecule has 186 valence electrons. The van der Waals surface area contributed by atoms with Gasteiger partial charge in [0.1, 0.15) is 19.8 Å². The molecular formula is C24H39N3O6. The number of carbonyl (C=O) groups is 3. The van der Waals surface area contributed by atoms with Crippen molar-refractivity contribution in [2.45, 2.75) is 79.1 Å². The van der Waals surface area contributed by atoms with Crippen molar-refractivity contribution in [3.8, 4) is 0 Å². The molecule has 1 aromatic carbocycles. The molecule has 0 saturated heterocycles. The van der Waals surface area contributed by atoms with Crippen LogP contribution in [0.25, 0.3) is 0 Å². The highest BCUT2D eigenvalue weighted by atomic mass is 16.5. The lowest BCUT2D eigenvalue weighted by Gasteiger charge is -2.20. The first-order chi connectivity index (χ1) is 14.9. The minimum atomic E-state index is -0.466. The molecule has 3 N–H and O–H groups in total. The van der Waals surface area contributed by atoms with Gasteiger partial charge in [-0.15, -0.1) is 0 Å². The standard InChI is InChI=1S/C24H39N3O6/c1-22(2,3)31-13-19(28)25-16-10-17(26-20(29)14-32-23(4,5)6)12-18(11-16)27-21(30)15-33-24(7,8)9/h10-12H,13-15H2,1-9H3,(H,25,28)(H,26,29)(H,27,30). The van der Waals surface area contributed by atoms with E-state index in [2.05, 4.69) is 16.0 Å². The van der Waals surface area contributed by atoms with Crippen LogP contribution in [0.1, 0.15) is 62.3 Å². The number of nitrogens with one attached hydrogen (secondary N) is 3. The molecule has 0 unspecified atom stereocenters. The Hall–Kier alpha value is -2.49. The molecule has 0 saturated carbocycles. The number of benzene rings is 1. The molecule has 0 aliphatic carbocycles. The van der Waals surface area contributed by atoms with Gasteiger partial charge in [-0.25, -0.2) is 0 Å². The predicted octanol–water partition coefficient (Wildman–Crippen LogP) is 3.95. The number of amides is 3. The summed E-state index contributed by atoms with van der Waals surface area (Å²) in [4.78, 5) is 36.9. The van der Waals surface area contributed by atoms with Gasteiger partial charge in [0.15, 0.2) is 0 Å². The van der Waals surface area contributed by atoms with Gasteiger partial charge in [-0.1, -0.05) is 0 Å². The number of ether oxygens (including phenoxy) is 3. The Morgan fingerprint density at radius 3 is 0.939 bits per heavy atom. The third kappa shape index (κ3) is 14.3. The molecule has 0 heterocycles. The van der Waals surface area contributed by atoms with E-state index in [0.717, 1.165) is 0 Å². The van der Waals surface area contributed by atoms with Crippen molar-refractivity contribution in [1.82, 2.24) is 0 Å². The molecule has 0 fully saturated rings. The van der Waals surface area contributed by atoms with Crippen LogP contribution < -0.4 is 16.0 Å². The van der Waals surface area contributed by atoms with Gasteiger partial charge in [0.25, 0.3) is 0 Å². The van der Waals surface area contributed by atoms with Crippen LogP contribution in [-0.4, -0.2) is 54.3 Å². The van der Waals surface area contributed by atoms with Crippen LogP contribution in [0.5, 0.6) is 0 Å². The molecule has 9 nitrogen and oxygen atoms in total. The first kappa shape index (κ1) is 28.5. The second-order valence-electron chi connectivity index (χ2n) is 10.6. The molecule has 9 heteroatoms. The van der Waals surface area contributed by atoms with Gasteiger partial charge in [-0.2, -0.15) is 0 Å². The summed E-state index contributed by atoms with van der Waals surface area (Å²) in [5.74, 6) is -1.09. The summed E-state index contributed by atoms with van der Waals surface area (Å²) in [6, 6.07) is 4.77. The third-order valence-electron chi connectivity index (χ3n) is 3.69. The largest absolute Gasteiger partial charge is 0.366 e. The van der Waals surface area contributed by atoms with Crippen molar-refractivity contribution in [3.05, 3.63) is 18.2 Å². The van der Waals surface area contributed by atoms with E-state index in [1.807, 2.05) is 62.3 Å². The molecule has 33 heavy (non-hydrogen) atoms. The zero-order valence-electron chi connectivity index (χ0n) is 21.3. The number of anilines is 3. The zero-order chi connectivity index (χ0) is 25.4. The Labute approximate surface area is 196 Å². The average molecular weight is 466 g/mol. The third-order valence-corrected chi connectivity index (χ3v) is 3.69. The van der Waals surface area contributed by atoms with Gasteiger partial charge >= 0.3 is 0 Å². The van der Waals surface area contributed by atoms with E-state index >= 15 is 0 Å². The van der Waals surface area contributed by atoms with Crippen molar-refractivity contribution < 1.29 is 28.6 Å². The Morgan fingerprint density at radius 1 is 0.545 bits per heavy atom. The smallest absolute Gasteiger partial charge is 0.250 e. The summed E-state index contributed by atoms with van der Waals surface area (Å²) >= 11 is 0. The predicted molar refractivity (Wildman–Crippen MR) is 129 cm³/mol. The van der Waals surface area contributed by atoms with Crippen LogP contribution in [0, 0.1) is 0 Å². The minimum absolute atomic E-state index is 0.138. The molecular weight excluding hydrogens is 426 g/mol. The van der Waals surface area contributed by atoms with Crippen LogP contribution >= 0.6 is 0 Å². The molecule has 0 spiro atoms. The van der Waals surface area contributed by atoms with E-state index in [0.29, 0.717) is 17.1 Å². The van der Waals surface area contributed by atoms with Crippen LogP contribution in [-0.2, 0) is 28.6 Å². The van der Waals surface area contributed by atoms with Crippen LogP contribution in [0.4, 0.5) is 17.1 Å². The van der Waals surface area contributed by atoms with Crippen molar-refractivity contribution >= 4 is 34.8 Å². The van der Waals surface area contributed by atoms with Crippen LogP contribution in [0.2, 0.25) is 0 Å². The van der Waals surface area contributed by atoms with Gasteiger partial charge in [0.2, 0.25) is 17.7 Å². The molecule has 1 rings (SSSR count). The molecule has 0 aliphatic heterocycles. The second kappa shape index (κ2) is 11.6. The molecule has 0 radical (unpaired) electrons. The van der Waals surface area contributed by atoms with E-state index in [4.69, 9.17) is 14.2 Å². The van der Waals surface area contributed by atoms with Gasteiger partial charge in [0, 0.05) is 17.1 Å². The van der Waals surface area contributed by atoms with Crippen LogP contribution in [0.15, 0.2) is 18.2 Å². The van der Waals surface area contributed by atoms with E-state index < -0.39 is 16.8 Å².